The van der Waals surface area contributed by atoms with Crippen molar-refractivity contribution in [1.82, 2.24) is 24.5 Å². The third-order valence-electron chi connectivity index (χ3n) is 4.17. The lowest BCUT2D eigenvalue weighted by atomic mass is 10.3. The Balaban J connectivity index is 1.99. The van der Waals surface area contributed by atoms with Gasteiger partial charge in [-0.2, -0.15) is 5.10 Å². The third kappa shape index (κ3) is 4.28. The van der Waals surface area contributed by atoms with Gasteiger partial charge in [-0.1, -0.05) is 36.0 Å². The van der Waals surface area contributed by atoms with Crippen LogP contribution in [0.25, 0.3) is 17.1 Å². The Morgan fingerprint density at radius 3 is 2.67 bits per heavy atom. The van der Waals surface area contributed by atoms with Crippen molar-refractivity contribution in [3.63, 3.8) is 0 Å². The number of para-hydroxylation sites is 1. The number of carbonyl (C=O) groups is 2. The topological polar surface area (TPSA) is 118 Å². The molecule has 0 bridgehead atoms. The number of anilines is 1. The number of ether oxygens (including phenoxy) is 1. The lowest BCUT2D eigenvalue weighted by Gasteiger charge is -2.13. The molecule has 0 radical (unpaired) electrons. The highest BCUT2D eigenvalue weighted by Gasteiger charge is 2.29. The second-order valence-corrected chi connectivity index (χ2v) is 7.33. The Morgan fingerprint density at radius 2 is 2.03 bits per heavy atom. The molecule has 30 heavy (non-hydrogen) atoms. The van der Waals surface area contributed by atoms with E-state index in [9.17, 15) is 9.59 Å². The van der Waals surface area contributed by atoms with E-state index in [1.165, 1.54) is 6.92 Å². The smallest absolute Gasteiger partial charge is 0.327 e. The maximum atomic E-state index is 12.2. The molecule has 3 rings (SSSR count). The number of carbonyl (C=O) groups excluding carboxylic acids is 2. The summed E-state index contributed by atoms with van der Waals surface area (Å²) in [6.07, 6.45) is 3.27. The van der Waals surface area contributed by atoms with Crippen molar-refractivity contribution in [3.05, 3.63) is 49.2 Å². The highest BCUT2D eigenvalue weighted by atomic mass is 32.2. The molecule has 0 spiro atoms. The van der Waals surface area contributed by atoms with Crippen molar-refractivity contribution < 1.29 is 14.3 Å². The summed E-state index contributed by atoms with van der Waals surface area (Å²) in [5.74, 6) is -0.0853. The zero-order valence-corrected chi connectivity index (χ0v) is 17.5. The summed E-state index contributed by atoms with van der Waals surface area (Å²) in [7, 11) is 0. The Hall–Kier alpha value is -3.40. The predicted octanol–water partition coefficient (Wildman–Crippen LogP) is 2.51. The zero-order chi connectivity index (χ0) is 21.7. The molecule has 2 N–H and O–H groups in total. The first-order valence-corrected chi connectivity index (χ1v) is 10.1. The van der Waals surface area contributed by atoms with Gasteiger partial charge in [0.25, 0.3) is 0 Å². The van der Waals surface area contributed by atoms with Crippen LogP contribution in [0.15, 0.2) is 54.3 Å². The van der Waals surface area contributed by atoms with Gasteiger partial charge in [0.15, 0.2) is 22.0 Å². The molecule has 2 aromatic heterocycles. The molecule has 0 saturated carbocycles. The summed E-state index contributed by atoms with van der Waals surface area (Å²) in [6.45, 7) is 7.33. The van der Waals surface area contributed by atoms with E-state index in [1.807, 2.05) is 30.3 Å². The van der Waals surface area contributed by atoms with Crippen LogP contribution in [-0.2, 0) is 20.9 Å². The van der Waals surface area contributed by atoms with Gasteiger partial charge in [0.05, 0.1) is 24.1 Å². The molecule has 0 amide bonds. The molecule has 0 fully saturated rings. The van der Waals surface area contributed by atoms with Crippen molar-refractivity contribution in [2.45, 2.75) is 30.8 Å². The van der Waals surface area contributed by atoms with Crippen molar-refractivity contribution >= 4 is 29.3 Å². The highest BCUT2D eigenvalue weighted by Crippen LogP contribution is 2.31. The van der Waals surface area contributed by atoms with Crippen LogP contribution in [-0.4, -0.2) is 48.2 Å². The van der Waals surface area contributed by atoms with E-state index in [-0.39, 0.29) is 12.4 Å². The molecule has 9 nitrogen and oxygen atoms in total. The lowest BCUT2D eigenvalue weighted by molar-refractivity contribution is -0.144. The standard InChI is InChI=1S/C20H22N6O3S/c1-4-11-25-18(15-12-22-26(17(15)21)14-9-7-6-8-10-14)23-24-20(25)30-16(13(3)27)19(28)29-5-2/h4,6-10,12,16H,1,5,11,21H2,2-3H3/t16-/m0/s1. The number of nitrogens with two attached hydrogens (primary N) is 1. The minimum absolute atomic E-state index is 0.184. The van der Waals surface area contributed by atoms with E-state index < -0.39 is 11.2 Å². The Bertz CT molecular complexity index is 1060. The quantitative estimate of drug-likeness (QED) is 0.240. The number of benzene rings is 1. The molecular formula is C20H22N6O3S. The van der Waals surface area contributed by atoms with Crippen LogP contribution in [0.3, 0.4) is 0 Å². The molecule has 0 aliphatic rings. The summed E-state index contributed by atoms with van der Waals surface area (Å²) in [6, 6.07) is 9.47. The summed E-state index contributed by atoms with van der Waals surface area (Å²) in [5, 5.41) is 12.1. The first-order valence-electron chi connectivity index (χ1n) is 9.25. The largest absolute Gasteiger partial charge is 0.465 e. The fourth-order valence-electron chi connectivity index (χ4n) is 2.79. The van der Waals surface area contributed by atoms with E-state index in [4.69, 9.17) is 10.5 Å². The van der Waals surface area contributed by atoms with Crippen LogP contribution in [0.1, 0.15) is 13.8 Å². The van der Waals surface area contributed by atoms with Crippen molar-refractivity contribution in [3.8, 4) is 17.1 Å². The molecule has 1 aromatic carbocycles. The second kappa shape index (κ2) is 9.40. The Kier molecular flexibility index (Phi) is 6.68. The van der Waals surface area contributed by atoms with Gasteiger partial charge in [0, 0.05) is 6.54 Å². The number of allylic oxidation sites excluding steroid dienone is 1. The fraction of sp³-hybridized carbons (Fsp3) is 0.250. The van der Waals surface area contributed by atoms with E-state index in [2.05, 4.69) is 21.9 Å². The van der Waals surface area contributed by atoms with Crippen LogP contribution >= 0.6 is 11.8 Å². The molecule has 1 atom stereocenters. The molecule has 0 aliphatic heterocycles. The minimum Gasteiger partial charge on any atom is -0.465 e. The zero-order valence-electron chi connectivity index (χ0n) is 16.7. The monoisotopic (exact) mass is 426 g/mol. The number of nitrogen functional groups attached to an aromatic ring is 1. The van der Waals surface area contributed by atoms with Gasteiger partial charge in [-0.05, 0) is 26.0 Å². The summed E-state index contributed by atoms with van der Waals surface area (Å²) in [4.78, 5) is 24.2. The molecule has 0 unspecified atom stereocenters. The molecule has 0 saturated heterocycles. The van der Waals surface area contributed by atoms with Crippen LogP contribution in [0, 0.1) is 0 Å². The number of aromatic nitrogens is 5. The average Bonchev–Trinajstić information content (AvgIpc) is 3.30. The number of esters is 1. The highest BCUT2D eigenvalue weighted by molar-refractivity contribution is 8.01. The van der Waals surface area contributed by atoms with Gasteiger partial charge in [-0.25, -0.2) is 4.68 Å². The number of ketones is 1. The van der Waals surface area contributed by atoms with Crippen LogP contribution in [0.5, 0.6) is 0 Å². The Morgan fingerprint density at radius 1 is 1.30 bits per heavy atom. The van der Waals surface area contributed by atoms with Gasteiger partial charge >= 0.3 is 5.97 Å². The van der Waals surface area contributed by atoms with E-state index in [1.54, 1.807) is 28.4 Å². The van der Waals surface area contributed by atoms with Crippen LogP contribution < -0.4 is 5.73 Å². The lowest BCUT2D eigenvalue weighted by Crippen LogP contribution is -2.27. The molecule has 3 aromatic rings. The van der Waals surface area contributed by atoms with Crippen molar-refractivity contribution in [2.75, 3.05) is 12.3 Å². The first-order chi connectivity index (χ1) is 14.5. The summed E-state index contributed by atoms with van der Waals surface area (Å²) >= 11 is 0.985. The van der Waals surface area contributed by atoms with Gasteiger partial charge < -0.3 is 10.5 Å². The molecular weight excluding hydrogens is 404 g/mol. The average molecular weight is 427 g/mol. The van der Waals surface area contributed by atoms with Crippen molar-refractivity contribution in [1.29, 1.82) is 0 Å². The minimum atomic E-state index is -1.03. The number of rotatable bonds is 9. The normalized spacial score (nSPS) is 11.8. The van der Waals surface area contributed by atoms with E-state index in [0.29, 0.717) is 28.9 Å². The number of hydrogen-bond donors (Lipinski definition) is 1. The van der Waals surface area contributed by atoms with Crippen LogP contribution in [0.2, 0.25) is 0 Å². The van der Waals surface area contributed by atoms with Crippen LogP contribution in [0.4, 0.5) is 5.82 Å². The predicted molar refractivity (Wildman–Crippen MR) is 114 cm³/mol. The van der Waals surface area contributed by atoms with Gasteiger partial charge in [0.2, 0.25) is 0 Å². The first kappa shape index (κ1) is 21.3. The molecule has 0 aliphatic carbocycles. The van der Waals surface area contributed by atoms with E-state index >= 15 is 0 Å². The number of Topliss-reactive ketones (excluding diaryl/α,β-unsaturated/α-hetero) is 1. The fourth-order valence-corrected chi connectivity index (χ4v) is 3.71. The maximum Gasteiger partial charge on any atom is 0.327 e. The molecule has 2 heterocycles. The van der Waals surface area contributed by atoms with Gasteiger partial charge in [0.1, 0.15) is 5.82 Å². The van der Waals surface area contributed by atoms with E-state index in [0.717, 1.165) is 17.4 Å². The Labute approximate surface area is 177 Å². The maximum absolute atomic E-state index is 12.2. The van der Waals surface area contributed by atoms with Crippen molar-refractivity contribution in [2.24, 2.45) is 0 Å². The second-order valence-electron chi connectivity index (χ2n) is 6.26. The third-order valence-corrected chi connectivity index (χ3v) is 5.44. The SMILES string of the molecule is C=CCn1c(S[C@@H](C(C)=O)C(=O)OCC)nnc1-c1cnn(-c2ccccc2)c1N. The summed E-state index contributed by atoms with van der Waals surface area (Å²) < 4.78 is 8.34. The molecule has 10 heteroatoms. The number of thioether (sulfide) groups is 1. The number of nitrogens with zero attached hydrogens (tertiary/aromatic N) is 5. The van der Waals surface area contributed by atoms with Gasteiger partial charge in [-0.15, -0.1) is 16.8 Å². The molecule has 156 valence electrons. The number of hydrogen-bond acceptors (Lipinski definition) is 8. The van der Waals surface area contributed by atoms with Gasteiger partial charge in [-0.3, -0.25) is 14.2 Å². The summed E-state index contributed by atoms with van der Waals surface area (Å²) in [5.41, 5.74) is 7.73.